The van der Waals surface area contributed by atoms with Crippen LogP contribution in [0.1, 0.15) is 43.1 Å². The standard InChI is InChI=1S/C20H24FNO2/c1-7-14(5)19(22(13(3)4)12-17(21)8-2)20(24)16-9-10-18(23)15(6)11-16/h8-12,23H,2-3,7H2,1,4-6H3/b17-12+,19-14+. The van der Waals surface area contributed by atoms with Crippen molar-refractivity contribution in [3.05, 3.63) is 77.6 Å². The number of benzene rings is 1. The Bertz CT molecular complexity index is 729. The van der Waals surface area contributed by atoms with Crippen LogP contribution in [0, 0.1) is 6.92 Å². The summed E-state index contributed by atoms with van der Waals surface area (Å²) in [5.41, 5.74) is 2.70. The van der Waals surface area contributed by atoms with Gasteiger partial charge in [-0.25, -0.2) is 4.39 Å². The SMILES string of the molecule is C=C/C(F)=C\N(C(=C)C)/C(C(=O)c1ccc(O)c(C)c1)=C(\C)CC. The summed E-state index contributed by atoms with van der Waals surface area (Å²) in [7, 11) is 0. The smallest absolute Gasteiger partial charge is 0.209 e. The number of aryl methyl sites for hydroxylation is 1. The molecule has 1 N–H and O–H groups in total. The molecule has 128 valence electrons. The first kappa shape index (κ1) is 19.4. The van der Waals surface area contributed by atoms with E-state index in [2.05, 4.69) is 13.2 Å². The molecule has 0 aromatic heterocycles. The molecule has 0 bridgehead atoms. The van der Waals surface area contributed by atoms with Crippen LogP contribution < -0.4 is 0 Å². The lowest BCUT2D eigenvalue weighted by atomic mass is 10.00. The van der Waals surface area contributed by atoms with E-state index in [9.17, 15) is 14.3 Å². The summed E-state index contributed by atoms with van der Waals surface area (Å²) in [6, 6.07) is 4.65. The second-order valence-corrected chi connectivity index (χ2v) is 5.64. The van der Waals surface area contributed by atoms with Gasteiger partial charge in [0, 0.05) is 17.5 Å². The Morgan fingerprint density at radius 1 is 1.38 bits per heavy atom. The lowest BCUT2D eigenvalue weighted by Crippen LogP contribution is -2.23. The van der Waals surface area contributed by atoms with Crippen LogP contribution in [0.25, 0.3) is 0 Å². The molecular formula is C20H24FNO2. The van der Waals surface area contributed by atoms with Crippen molar-refractivity contribution in [2.24, 2.45) is 0 Å². The zero-order valence-corrected chi connectivity index (χ0v) is 14.7. The van der Waals surface area contributed by atoms with E-state index in [4.69, 9.17) is 0 Å². The van der Waals surface area contributed by atoms with Crippen LogP contribution in [0.4, 0.5) is 4.39 Å². The summed E-state index contributed by atoms with van der Waals surface area (Å²) in [6.45, 7) is 14.4. The number of aromatic hydroxyl groups is 1. The van der Waals surface area contributed by atoms with Crippen LogP contribution in [0.3, 0.4) is 0 Å². The Kier molecular flexibility index (Phi) is 6.71. The largest absolute Gasteiger partial charge is 0.508 e. The molecule has 1 aromatic rings. The lowest BCUT2D eigenvalue weighted by molar-refractivity contribution is 0.101. The van der Waals surface area contributed by atoms with Gasteiger partial charge in [-0.2, -0.15) is 0 Å². The highest BCUT2D eigenvalue weighted by molar-refractivity contribution is 6.09. The number of rotatable bonds is 7. The van der Waals surface area contributed by atoms with Crippen molar-refractivity contribution in [2.45, 2.75) is 34.1 Å². The minimum absolute atomic E-state index is 0.124. The van der Waals surface area contributed by atoms with Crippen molar-refractivity contribution < 1.29 is 14.3 Å². The molecule has 0 radical (unpaired) electrons. The quantitative estimate of drug-likeness (QED) is 0.414. The fraction of sp³-hybridized carbons (Fsp3) is 0.250. The van der Waals surface area contributed by atoms with E-state index in [-0.39, 0.29) is 11.5 Å². The van der Waals surface area contributed by atoms with Crippen molar-refractivity contribution in [3.8, 4) is 5.75 Å². The molecule has 24 heavy (non-hydrogen) atoms. The number of nitrogens with zero attached hydrogens (tertiary/aromatic N) is 1. The van der Waals surface area contributed by atoms with Crippen molar-refractivity contribution in [1.82, 2.24) is 4.90 Å². The van der Waals surface area contributed by atoms with E-state index >= 15 is 0 Å². The Morgan fingerprint density at radius 3 is 2.46 bits per heavy atom. The Labute approximate surface area is 143 Å². The van der Waals surface area contributed by atoms with Gasteiger partial charge in [0.25, 0.3) is 0 Å². The van der Waals surface area contributed by atoms with Gasteiger partial charge in [-0.15, -0.1) is 0 Å². The Balaban J connectivity index is 3.51. The van der Waals surface area contributed by atoms with Gasteiger partial charge in [0.2, 0.25) is 5.78 Å². The van der Waals surface area contributed by atoms with Crippen molar-refractivity contribution in [2.75, 3.05) is 0 Å². The topological polar surface area (TPSA) is 40.5 Å². The summed E-state index contributed by atoms with van der Waals surface area (Å²) in [5.74, 6) is -0.693. The normalized spacial score (nSPS) is 12.5. The maximum Gasteiger partial charge on any atom is 0.209 e. The molecule has 0 unspecified atom stereocenters. The van der Waals surface area contributed by atoms with Crippen molar-refractivity contribution in [1.29, 1.82) is 0 Å². The van der Waals surface area contributed by atoms with Crippen LogP contribution in [0.5, 0.6) is 5.75 Å². The first-order valence-electron chi connectivity index (χ1n) is 7.71. The second-order valence-electron chi connectivity index (χ2n) is 5.64. The third-order valence-corrected chi connectivity index (χ3v) is 3.71. The van der Waals surface area contributed by atoms with Gasteiger partial charge in [0.1, 0.15) is 11.6 Å². The zero-order valence-electron chi connectivity index (χ0n) is 14.7. The minimum Gasteiger partial charge on any atom is -0.508 e. The van der Waals surface area contributed by atoms with E-state index in [0.717, 1.165) is 11.6 Å². The average molecular weight is 329 g/mol. The number of phenolic OH excluding ortho intramolecular Hbond substituents is 1. The average Bonchev–Trinajstić information content (AvgIpc) is 2.55. The summed E-state index contributed by atoms with van der Waals surface area (Å²) >= 11 is 0. The van der Waals surface area contributed by atoms with E-state index in [1.54, 1.807) is 26.0 Å². The number of hydrogen-bond donors (Lipinski definition) is 1. The maximum absolute atomic E-state index is 13.7. The highest BCUT2D eigenvalue weighted by Gasteiger charge is 2.22. The van der Waals surface area contributed by atoms with E-state index in [1.807, 2.05) is 13.8 Å². The molecule has 1 aromatic carbocycles. The van der Waals surface area contributed by atoms with Gasteiger partial charge in [0.05, 0.1) is 5.70 Å². The fourth-order valence-corrected chi connectivity index (χ4v) is 2.15. The molecule has 0 aliphatic carbocycles. The van der Waals surface area contributed by atoms with Gasteiger partial charge >= 0.3 is 0 Å². The van der Waals surface area contributed by atoms with Gasteiger partial charge in [-0.3, -0.25) is 4.79 Å². The molecule has 0 fully saturated rings. The number of halogens is 1. The summed E-state index contributed by atoms with van der Waals surface area (Å²) < 4.78 is 13.7. The second kappa shape index (κ2) is 8.29. The zero-order chi connectivity index (χ0) is 18.4. The van der Waals surface area contributed by atoms with E-state index in [0.29, 0.717) is 28.9 Å². The van der Waals surface area contributed by atoms with Crippen LogP contribution >= 0.6 is 0 Å². The molecule has 0 saturated carbocycles. The van der Waals surface area contributed by atoms with Crippen LogP contribution in [0.15, 0.2) is 66.4 Å². The van der Waals surface area contributed by atoms with Crippen molar-refractivity contribution >= 4 is 5.78 Å². The van der Waals surface area contributed by atoms with Crippen LogP contribution in [-0.2, 0) is 0 Å². The van der Waals surface area contributed by atoms with Gasteiger partial charge in [-0.1, -0.05) is 20.1 Å². The number of allylic oxidation sites excluding steroid dienone is 5. The van der Waals surface area contributed by atoms with E-state index < -0.39 is 5.83 Å². The summed E-state index contributed by atoms with van der Waals surface area (Å²) in [6.07, 6.45) is 2.91. The number of hydrogen-bond acceptors (Lipinski definition) is 3. The number of carbonyl (C=O) groups is 1. The number of ketones is 1. The van der Waals surface area contributed by atoms with E-state index in [1.165, 1.54) is 17.2 Å². The molecule has 0 spiro atoms. The molecule has 1 rings (SSSR count). The molecule has 0 heterocycles. The van der Waals surface area contributed by atoms with Gasteiger partial charge in [0.15, 0.2) is 0 Å². The third kappa shape index (κ3) is 4.44. The van der Waals surface area contributed by atoms with Crippen LogP contribution in [0.2, 0.25) is 0 Å². The highest BCUT2D eigenvalue weighted by atomic mass is 19.1. The number of Topliss-reactive ketones (excluding diaryl/α,β-unsaturated/α-hetero) is 1. The van der Waals surface area contributed by atoms with Gasteiger partial charge in [-0.05, 0) is 62.6 Å². The third-order valence-electron chi connectivity index (χ3n) is 3.71. The Morgan fingerprint density at radius 2 is 2.00 bits per heavy atom. The summed E-state index contributed by atoms with van der Waals surface area (Å²) in [4.78, 5) is 14.5. The molecule has 0 saturated heterocycles. The first-order valence-corrected chi connectivity index (χ1v) is 7.71. The lowest BCUT2D eigenvalue weighted by Gasteiger charge is -2.25. The number of phenols is 1. The minimum atomic E-state index is -0.561. The molecular weight excluding hydrogens is 305 g/mol. The molecule has 3 nitrogen and oxygen atoms in total. The van der Waals surface area contributed by atoms with Crippen molar-refractivity contribution in [3.63, 3.8) is 0 Å². The molecule has 0 aliphatic heterocycles. The molecule has 4 heteroatoms. The first-order chi connectivity index (χ1) is 11.2. The predicted octanol–water partition coefficient (Wildman–Crippen LogP) is 5.40. The maximum atomic E-state index is 13.7. The highest BCUT2D eigenvalue weighted by Crippen LogP contribution is 2.26. The molecule has 0 amide bonds. The molecule has 0 aliphatic rings. The Hall–Kier alpha value is -2.62. The monoisotopic (exact) mass is 329 g/mol. The fourth-order valence-electron chi connectivity index (χ4n) is 2.15. The van der Waals surface area contributed by atoms with Crippen LogP contribution in [-0.4, -0.2) is 15.8 Å². The molecule has 0 atom stereocenters. The predicted molar refractivity (Wildman–Crippen MR) is 96.2 cm³/mol. The number of carbonyl (C=O) groups excluding carboxylic acids is 1. The summed E-state index contributed by atoms with van der Waals surface area (Å²) in [5, 5.41) is 9.65. The van der Waals surface area contributed by atoms with Gasteiger partial charge < -0.3 is 10.0 Å².